The zero-order valence-electron chi connectivity index (χ0n) is 13.5. The molecule has 0 saturated carbocycles. The number of hydrogen-bond donors (Lipinski definition) is 0. The summed E-state index contributed by atoms with van der Waals surface area (Å²) in [5.74, 6) is 0.504. The van der Waals surface area contributed by atoms with Gasteiger partial charge in [0.1, 0.15) is 0 Å². The molecule has 126 valence electrons. The van der Waals surface area contributed by atoms with E-state index in [0.717, 1.165) is 45.0 Å². The molecule has 0 aliphatic carbocycles. The zero-order chi connectivity index (χ0) is 15.9. The zero-order valence-corrected chi connectivity index (χ0v) is 13.5. The minimum Gasteiger partial charge on any atom is -0.379 e. The minimum atomic E-state index is 0.198. The molecule has 1 atom stereocenters. The van der Waals surface area contributed by atoms with Crippen molar-refractivity contribution in [3.05, 3.63) is 30.1 Å². The van der Waals surface area contributed by atoms with Crippen molar-refractivity contribution in [1.82, 2.24) is 14.8 Å². The fraction of sp³-hybridized carbons (Fsp3) is 0.647. The van der Waals surface area contributed by atoms with Gasteiger partial charge in [0.15, 0.2) is 0 Å². The Kier molecular flexibility index (Phi) is 5.96. The Labute approximate surface area is 137 Å². The number of hydrogen-bond acceptors (Lipinski definition) is 5. The standard InChI is InChI=1S/C17H25N3O3/c21-17(13-19-5-8-22-9-6-19)20-7-10-23-14-15(12-20)11-16-3-1-2-4-18-16/h1-4,15H,5-14H2. The molecule has 1 aromatic heterocycles. The van der Waals surface area contributed by atoms with Gasteiger partial charge in [-0.15, -0.1) is 0 Å². The maximum atomic E-state index is 12.6. The van der Waals surface area contributed by atoms with Crippen molar-refractivity contribution in [3.8, 4) is 0 Å². The topological polar surface area (TPSA) is 54.9 Å². The van der Waals surface area contributed by atoms with Gasteiger partial charge in [-0.2, -0.15) is 0 Å². The van der Waals surface area contributed by atoms with Gasteiger partial charge in [0.05, 0.1) is 33.0 Å². The number of pyridine rings is 1. The summed E-state index contributed by atoms with van der Waals surface area (Å²) in [4.78, 5) is 21.1. The van der Waals surface area contributed by atoms with Crippen molar-refractivity contribution in [2.24, 2.45) is 5.92 Å². The van der Waals surface area contributed by atoms with Crippen LogP contribution in [0.2, 0.25) is 0 Å². The van der Waals surface area contributed by atoms with Gasteiger partial charge in [0, 0.05) is 44.0 Å². The minimum absolute atomic E-state index is 0.198. The Morgan fingerprint density at radius 3 is 2.78 bits per heavy atom. The van der Waals surface area contributed by atoms with Crippen LogP contribution in [0.5, 0.6) is 0 Å². The number of aromatic nitrogens is 1. The maximum absolute atomic E-state index is 12.6. The van der Waals surface area contributed by atoms with E-state index in [4.69, 9.17) is 9.47 Å². The molecule has 2 aliphatic rings. The molecule has 1 aromatic rings. The number of carbonyl (C=O) groups is 1. The van der Waals surface area contributed by atoms with Crippen LogP contribution in [-0.2, 0) is 20.7 Å². The van der Waals surface area contributed by atoms with E-state index in [9.17, 15) is 4.79 Å². The predicted octanol–water partition coefficient (Wildman–Crippen LogP) is 0.431. The maximum Gasteiger partial charge on any atom is 0.236 e. The lowest BCUT2D eigenvalue weighted by Gasteiger charge is -2.30. The summed E-state index contributed by atoms with van der Waals surface area (Å²) in [6.07, 6.45) is 2.66. The van der Waals surface area contributed by atoms with E-state index >= 15 is 0 Å². The number of rotatable bonds is 4. The Balaban J connectivity index is 1.54. The van der Waals surface area contributed by atoms with Crippen molar-refractivity contribution < 1.29 is 14.3 Å². The highest BCUT2D eigenvalue weighted by atomic mass is 16.5. The normalized spacial score (nSPS) is 23.5. The van der Waals surface area contributed by atoms with Crippen LogP contribution in [-0.4, -0.2) is 79.8 Å². The first-order chi connectivity index (χ1) is 11.3. The molecule has 0 aromatic carbocycles. The van der Waals surface area contributed by atoms with E-state index < -0.39 is 0 Å². The second-order valence-electron chi connectivity index (χ2n) is 6.19. The van der Waals surface area contributed by atoms with E-state index in [1.807, 2.05) is 29.3 Å². The Morgan fingerprint density at radius 1 is 1.17 bits per heavy atom. The van der Waals surface area contributed by atoms with Gasteiger partial charge in [-0.25, -0.2) is 0 Å². The molecule has 0 spiro atoms. The van der Waals surface area contributed by atoms with Gasteiger partial charge in [-0.05, 0) is 18.6 Å². The molecule has 1 amide bonds. The molecule has 1 unspecified atom stereocenters. The lowest BCUT2D eigenvalue weighted by molar-refractivity contribution is -0.133. The summed E-state index contributed by atoms with van der Waals surface area (Å²) in [5.41, 5.74) is 1.06. The van der Waals surface area contributed by atoms with Crippen LogP contribution in [0.4, 0.5) is 0 Å². The molecule has 2 aliphatic heterocycles. The molecular weight excluding hydrogens is 294 g/mol. The van der Waals surface area contributed by atoms with Gasteiger partial charge in [-0.1, -0.05) is 6.07 Å². The Morgan fingerprint density at radius 2 is 2.00 bits per heavy atom. The molecular formula is C17H25N3O3. The third-order valence-electron chi connectivity index (χ3n) is 4.38. The summed E-state index contributed by atoms with van der Waals surface area (Å²) in [6, 6.07) is 5.96. The molecule has 6 heteroatoms. The smallest absolute Gasteiger partial charge is 0.236 e. The lowest BCUT2D eigenvalue weighted by atomic mass is 10.0. The molecule has 2 fully saturated rings. The molecule has 0 N–H and O–H groups in total. The molecule has 6 nitrogen and oxygen atoms in total. The van der Waals surface area contributed by atoms with Gasteiger partial charge >= 0.3 is 0 Å². The number of nitrogens with zero attached hydrogens (tertiary/aromatic N) is 3. The number of morpholine rings is 1. The summed E-state index contributed by atoms with van der Waals surface area (Å²) in [5, 5.41) is 0. The van der Waals surface area contributed by atoms with Gasteiger partial charge in [-0.3, -0.25) is 14.7 Å². The van der Waals surface area contributed by atoms with E-state index in [0.29, 0.717) is 32.2 Å². The Bertz CT molecular complexity index is 491. The highest BCUT2D eigenvalue weighted by Crippen LogP contribution is 2.13. The largest absolute Gasteiger partial charge is 0.379 e. The summed E-state index contributed by atoms with van der Waals surface area (Å²) in [6.45, 7) is 6.35. The van der Waals surface area contributed by atoms with Crippen LogP contribution in [0.15, 0.2) is 24.4 Å². The third-order valence-corrected chi connectivity index (χ3v) is 4.38. The third kappa shape index (κ3) is 4.99. The second kappa shape index (κ2) is 8.38. The van der Waals surface area contributed by atoms with Gasteiger partial charge in [0.2, 0.25) is 5.91 Å². The van der Waals surface area contributed by atoms with Crippen LogP contribution in [0.1, 0.15) is 5.69 Å². The first-order valence-corrected chi connectivity index (χ1v) is 8.37. The second-order valence-corrected chi connectivity index (χ2v) is 6.19. The fourth-order valence-corrected chi connectivity index (χ4v) is 3.10. The quantitative estimate of drug-likeness (QED) is 0.806. The van der Waals surface area contributed by atoms with E-state index in [2.05, 4.69) is 9.88 Å². The average molecular weight is 319 g/mol. The highest BCUT2D eigenvalue weighted by Gasteiger charge is 2.24. The van der Waals surface area contributed by atoms with Crippen molar-refractivity contribution in [1.29, 1.82) is 0 Å². The van der Waals surface area contributed by atoms with Gasteiger partial charge < -0.3 is 14.4 Å². The van der Waals surface area contributed by atoms with Crippen LogP contribution in [0, 0.1) is 5.92 Å². The van der Waals surface area contributed by atoms with Crippen LogP contribution in [0.3, 0.4) is 0 Å². The van der Waals surface area contributed by atoms with E-state index in [1.165, 1.54) is 0 Å². The van der Waals surface area contributed by atoms with Crippen molar-refractivity contribution >= 4 is 5.91 Å². The highest BCUT2D eigenvalue weighted by molar-refractivity contribution is 5.78. The van der Waals surface area contributed by atoms with Gasteiger partial charge in [0.25, 0.3) is 0 Å². The number of carbonyl (C=O) groups excluding carboxylic acids is 1. The van der Waals surface area contributed by atoms with Crippen LogP contribution in [0.25, 0.3) is 0 Å². The summed E-state index contributed by atoms with van der Waals surface area (Å²) >= 11 is 0. The average Bonchev–Trinajstić information content (AvgIpc) is 2.82. The number of amides is 1. The summed E-state index contributed by atoms with van der Waals surface area (Å²) in [7, 11) is 0. The van der Waals surface area contributed by atoms with Crippen LogP contribution < -0.4 is 0 Å². The number of ether oxygens (including phenoxy) is 2. The first kappa shape index (κ1) is 16.4. The molecule has 2 saturated heterocycles. The van der Waals surface area contributed by atoms with Crippen LogP contribution >= 0.6 is 0 Å². The first-order valence-electron chi connectivity index (χ1n) is 8.37. The molecule has 3 rings (SSSR count). The molecule has 3 heterocycles. The SMILES string of the molecule is O=C(CN1CCOCC1)N1CCOCC(Cc2ccccn2)C1. The summed E-state index contributed by atoms with van der Waals surface area (Å²) < 4.78 is 11.0. The van der Waals surface area contributed by atoms with E-state index in [1.54, 1.807) is 0 Å². The van der Waals surface area contributed by atoms with Crippen molar-refractivity contribution in [3.63, 3.8) is 0 Å². The Hall–Kier alpha value is -1.50. The van der Waals surface area contributed by atoms with Crippen molar-refractivity contribution in [2.45, 2.75) is 6.42 Å². The predicted molar refractivity (Wildman–Crippen MR) is 86.1 cm³/mol. The molecule has 0 bridgehead atoms. The van der Waals surface area contributed by atoms with Crippen molar-refractivity contribution in [2.75, 3.05) is 59.2 Å². The lowest BCUT2D eigenvalue weighted by Crippen LogP contribution is -2.46. The molecule has 0 radical (unpaired) electrons. The molecule has 23 heavy (non-hydrogen) atoms. The fourth-order valence-electron chi connectivity index (χ4n) is 3.10. The van der Waals surface area contributed by atoms with E-state index in [-0.39, 0.29) is 5.91 Å². The monoisotopic (exact) mass is 319 g/mol.